The zero-order valence-electron chi connectivity index (χ0n) is 13.1. The van der Waals surface area contributed by atoms with Gasteiger partial charge in [0.1, 0.15) is 0 Å². The molecule has 0 saturated carbocycles. The summed E-state index contributed by atoms with van der Waals surface area (Å²) in [6.45, 7) is 3.32. The van der Waals surface area contributed by atoms with E-state index in [-0.39, 0.29) is 5.41 Å². The lowest BCUT2D eigenvalue weighted by Crippen LogP contribution is -2.74. The molecule has 4 nitrogen and oxygen atoms in total. The second-order valence-corrected chi connectivity index (χ2v) is 9.52. The van der Waals surface area contributed by atoms with Gasteiger partial charge in [0.15, 0.2) is 9.84 Å². The molecule has 0 amide bonds. The predicted octanol–water partition coefficient (Wildman–Crippen LogP) is 1.84. The van der Waals surface area contributed by atoms with Gasteiger partial charge in [0, 0.05) is 37.5 Å². The fourth-order valence-electron chi connectivity index (χ4n) is 4.04. The number of halogens is 3. The van der Waals surface area contributed by atoms with Gasteiger partial charge in [-0.3, -0.25) is 0 Å². The fraction of sp³-hybridized carbons (Fsp3) is 0.625. The molecular formula is C16H19F3N2O2S. The Morgan fingerprint density at radius 3 is 2.12 bits per heavy atom. The third-order valence-corrected chi connectivity index (χ3v) is 7.31. The van der Waals surface area contributed by atoms with Gasteiger partial charge in [0.25, 0.3) is 0 Å². The Labute approximate surface area is 139 Å². The normalized spacial score (nSPS) is 26.6. The van der Waals surface area contributed by atoms with E-state index in [9.17, 15) is 21.6 Å². The molecule has 0 aromatic heterocycles. The predicted molar refractivity (Wildman–Crippen MR) is 83.2 cm³/mol. The Balaban J connectivity index is 1.26. The average molecular weight is 360 g/mol. The van der Waals surface area contributed by atoms with Gasteiger partial charge < -0.3 is 0 Å². The third kappa shape index (κ3) is 3.07. The van der Waals surface area contributed by atoms with E-state index in [4.69, 9.17) is 0 Å². The standard InChI is InChI=1S/C16H19F3N2O2S/c17-16(18,19)5-12-1-3-13(4-2-12)14-6-20(7-14)21-8-15(9-21)10-24(22,23)11-15/h1-4,14H,5-11H2. The SMILES string of the molecule is O=S1(=O)CC2(CN(N3CC(c4ccc(CC(F)(F)F)cc4)C3)C2)C1. The van der Waals surface area contributed by atoms with Gasteiger partial charge in [0.2, 0.25) is 0 Å². The summed E-state index contributed by atoms with van der Waals surface area (Å²) in [6.07, 6.45) is -5.06. The molecule has 0 N–H and O–H groups in total. The van der Waals surface area contributed by atoms with Crippen LogP contribution in [-0.4, -0.2) is 62.3 Å². The highest BCUT2D eigenvalue weighted by Gasteiger charge is 2.57. The van der Waals surface area contributed by atoms with Crippen molar-refractivity contribution in [2.24, 2.45) is 5.41 Å². The van der Waals surface area contributed by atoms with Crippen LogP contribution in [0.2, 0.25) is 0 Å². The maximum absolute atomic E-state index is 12.4. The average Bonchev–Trinajstić information content (AvgIpc) is 2.32. The number of sulfone groups is 1. The summed E-state index contributed by atoms with van der Waals surface area (Å²) in [6, 6.07) is 6.70. The molecule has 1 aromatic carbocycles. The van der Waals surface area contributed by atoms with E-state index >= 15 is 0 Å². The second-order valence-electron chi connectivity index (χ2n) is 7.46. The van der Waals surface area contributed by atoms with Crippen LogP contribution in [0.5, 0.6) is 0 Å². The van der Waals surface area contributed by atoms with E-state index in [2.05, 4.69) is 10.0 Å². The Morgan fingerprint density at radius 2 is 1.62 bits per heavy atom. The smallest absolute Gasteiger partial charge is 0.240 e. The minimum Gasteiger partial charge on any atom is -0.240 e. The molecule has 24 heavy (non-hydrogen) atoms. The first-order valence-corrected chi connectivity index (χ1v) is 9.81. The molecule has 3 fully saturated rings. The van der Waals surface area contributed by atoms with E-state index in [1.165, 1.54) is 0 Å². The zero-order valence-corrected chi connectivity index (χ0v) is 13.9. The molecule has 8 heteroatoms. The quantitative estimate of drug-likeness (QED) is 0.825. The summed E-state index contributed by atoms with van der Waals surface area (Å²) >= 11 is 0. The second kappa shape index (κ2) is 5.19. The fourth-order valence-corrected chi connectivity index (χ4v) is 6.18. The van der Waals surface area contributed by atoms with Crippen molar-refractivity contribution < 1.29 is 21.6 Å². The van der Waals surface area contributed by atoms with Crippen LogP contribution in [-0.2, 0) is 16.3 Å². The topological polar surface area (TPSA) is 40.6 Å². The number of hydrogen-bond acceptors (Lipinski definition) is 4. The molecular weight excluding hydrogens is 341 g/mol. The van der Waals surface area contributed by atoms with E-state index in [1.807, 2.05) is 0 Å². The molecule has 0 bridgehead atoms. The first-order chi connectivity index (χ1) is 11.1. The molecule has 3 heterocycles. The van der Waals surface area contributed by atoms with Gasteiger partial charge >= 0.3 is 6.18 Å². The Kier molecular flexibility index (Phi) is 3.54. The van der Waals surface area contributed by atoms with Crippen LogP contribution >= 0.6 is 0 Å². The summed E-state index contributed by atoms with van der Waals surface area (Å²) in [5, 5.41) is 4.41. The Morgan fingerprint density at radius 1 is 1.04 bits per heavy atom. The van der Waals surface area contributed by atoms with Crippen LogP contribution in [0, 0.1) is 5.41 Å². The molecule has 1 aromatic rings. The van der Waals surface area contributed by atoms with Crippen LogP contribution in [0.4, 0.5) is 13.2 Å². The summed E-state index contributed by atoms with van der Waals surface area (Å²) in [5.41, 5.74) is 1.35. The lowest BCUT2D eigenvalue weighted by atomic mass is 9.83. The van der Waals surface area contributed by atoms with Gasteiger partial charge in [-0.2, -0.15) is 13.2 Å². The van der Waals surface area contributed by atoms with Crippen LogP contribution in [0.1, 0.15) is 17.0 Å². The third-order valence-electron chi connectivity index (χ3n) is 5.21. The highest BCUT2D eigenvalue weighted by atomic mass is 32.2. The van der Waals surface area contributed by atoms with Crippen molar-refractivity contribution >= 4 is 9.84 Å². The summed E-state index contributed by atoms with van der Waals surface area (Å²) in [5.74, 6) is 0.967. The summed E-state index contributed by atoms with van der Waals surface area (Å²) in [4.78, 5) is 0. The van der Waals surface area contributed by atoms with Crippen LogP contribution in [0.25, 0.3) is 0 Å². The molecule has 0 unspecified atom stereocenters. The summed E-state index contributed by atoms with van der Waals surface area (Å²) in [7, 11) is -2.78. The van der Waals surface area contributed by atoms with Crippen molar-refractivity contribution in [3.05, 3.63) is 35.4 Å². The molecule has 1 spiro atoms. The van der Waals surface area contributed by atoms with Crippen molar-refractivity contribution in [2.45, 2.75) is 18.5 Å². The monoisotopic (exact) mass is 360 g/mol. The molecule has 0 radical (unpaired) electrons. The minimum atomic E-state index is -4.17. The molecule has 3 aliphatic rings. The van der Waals surface area contributed by atoms with Crippen molar-refractivity contribution in [1.82, 2.24) is 10.0 Å². The Bertz CT molecular complexity index is 720. The van der Waals surface area contributed by atoms with Crippen molar-refractivity contribution in [3.8, 4) is 0 Å². The highest BCUT2D eigenvalue weighted by molar-refractivity contribution is 7.92. The maximum Gasteiger partial charge on any atom is 0.393 e. The molecule has 0 aliphatic carbocycles. The molecule has 3 saturated heterocycles. The van der Waals surface area contributed by atoms with Gasteiger partial charge in [-0.15, -0.1) is 0 Å². The molecule has 0 atom stereocenters. The molecule has 3 aliphatic heterocycles. The zero-order chi connectivity index (χ0) is 17.2. The van der Waals surface area contributed by atoms with Crippen LogP contribution in [0.3, 0.4) is 0 Å². The minimum absolute atomic E-state index is 0.0108. The maximum atomic E-state index is 12.4. The number of benzene rings is 1. The largest absolute Gasteiger partial charge is 0.393 e. The first kappa shape index (κ1) is 16.4. The Hall–Kier alpha value is -1.12. The lowest BCUT2D eigenvalue weighted by Gasteiger charge is -2.60. The highest BCUT2D eigenvalue weighted by Crippen LogP contribution is 2.44. The van der Waals surface area contributed by atoms with E-state index in [0.29, 0.717) is 23.0 Å². The van der Waals surface area contributed by atoms with Crippen molar-refractivity contribution in [3.63, 3.8) is 0 Å². The number of rotatable bonds is 3. The van der Waals surface area contributed by atoms with Crippen LogP contribution < -0.4 is 0 Å². The van der Waals surface area contributed by atoms with E-state index in [1.54, 1.807) is 24.3 Å². The summed E-state index contributed by atoms with van der Waals surface area (Å²) < 4.78 is 59.7. The van der Waals surface area contributed by atoms with Crippen molar-refractivity contribution in [1.29, 1.82) is 0 Å². The molecule has 4 rings (SSSR count). The van der Waals surface area contributed by atoms with Crippen molar-refractivity contribution in [2.75, 3.05) is 37.7 Å². The number of alkyl halides is 3. The molecule has 132 valence electrons. The number of hydrazine groups is 1. The number of nitrogens with zero attached hydrogens (tertiary/aromatic N) is 2. The van der Waals surface area contributed by atoms with Gasteiger partial charge in [-0.05, 0) is 11.1 Å². The van der Waals surface area contributed by atoms with Gasteiger partial charge in [0.05, 0.1) is 17.9 Å². The lowest BCUT2D eigenvalue weighted by molar-refractivity contribution is -0.176. The van der Waals surface area contributed by atoms with Gasteiger partial charge in [-0.1, -0.05) is 24.3 Å². The first-order valence-electron chi connectivity index (χ1n) is 7.99. The van der Waals surface area contributed by atoms with E-state index < -0.39 is 22.4 Å². The van der Waals surface area contributed by atoms with E-state index in [0.717, 1.165) is 31.7 Å². The van der Waals surface area contributed by atoms with Crippen LogP contribution in [0.15, 0.2) is 24.3 Å². The number of hydrogen-bond donors (Lipinski definition) is 0. The van der Waals surface area contributed by atoms with Gasteiger partial charge in [-0.25, -0.2) is 18.4 Å².